The predicted octanol–water partition coefficient (Wildman–Crippen LogP) is 3.18. The molecule has 1 saturated heterocycles. The highest BCUT2D eigenvalue weighted by Gasteiger charge is 2.41. The number of aryl methyl sites for hydroxylation is 1. The van der Waals surface area contributed by atoms with E-state index in [1.807, 2.05) is 19.1 Å². The van der Waals surface area contributed by atoms with Crippen LogP contribution in [0.4, 0.5) is 0 Å². The van der Waals surface area contributed by atoms with Crippen molar-refractivity contribution >= 4 is 28.6 Å². The summed E-state index contributed by atoms with van der Waals surface area (Å²) < 4.78 is 10.9. The number of Topliss-reactive ketones (excluding diaryl/α,β-unsaturated/α-hetero) is 1. The van der Waals surface area contributed by atoms with Crippen molar-refractivity contribution in [1.29, 1.82) is 0 Å². The zero-order chi connectivity index (χ0) is 20.2. The fourth-order valence-electron chi connectivity index (χ4n) is 3.55. The molecule has 0 saturated carbocycles. The maximum atomic E-state index is 13.2. The SMILES string of the molecule is CCc1cncc(C(=O)NC2=NC(c3ccco3)C(C(=O)C3CCOCC3)S2)c1. The van der Waals surface area contributed by atoms with E-state index in [9.17, 15) is 9.59 Å². The topological polar surface area (TPSA) is 93.8 Å². The first-order chi connectivity index (χ1) is 14.2. The standard InChI is InChI=1S/C21H23N3O4S/c1-2-13-10-15(12-22-11-13)20(26)24-21-23-17(16-4-3-7-28-16)19(29-21)18(25)14-5-8-27-9-6-14/h3-4,7,10-12,14,17,19H,2,5-6,8-9H2,1H3,(H,23,24,26). The number of rotatable bonds is 5. The molecule has 1 N–H and O–H groups in total. The van der Waals surface area contributed by atoms with Crippen LogP contribution in [0.25, 0.3) is 0 Å². The lowest BCUT2D eigenvalue weighted by Gasteiger charge is -2.24. The molecule has 2 aliphatic rings. The number of furan rings is 1. The summed E-state index contributed by atoms with van der Waals surface area (Å²) in [6.07, 6.45) is 7.09. The summed E-state index contributed by atoms with van der Waals surface area (Å²) in [5.41, 5.74) is 1.46. The fraction of sp³-hybridized carbons (Fsp3) is 0.429. The normalized spacial score (nSPS) is 22.3. The molecule has 0 aliphatic carbocycles. The largest absolute Gasteiger partial charge is 0.467 e. The van der Waals surface area contributed by atoms with Gasteiger partial charge in [0.2, 0.25) is 0 Å². The molecular weight excluding hydrogens is 390 g/mol. The number of thioether (sulfide) groups is 1. The Bertz CT molecular complexity index is 906. The van der Waals surface area contributed by atoms with Gasteiger partial charge >= 0.3 is 0 Å². The zero-order valence-corrected chi connectivity index (χ0v) is 17.0. The average molecular weight is 413 g/mol. The minimum Gasteiger partial charge on any atom is -0.467 e. The van der Waals surface area contributed by atoms with Gasteiger partial charge in [0.15, 0.2) is 11.0 Å². The minimum atomic E-state index is -0.444. The lowest BCUT2D eigenvalue weighted by molar-refractivity contribution is -0.125. The monoisotopic (exact) mass is 413 g/mol. The number of nitrogens with zero attached hydrogens (tertiary/aromatic N) is 2. The van der Waals surface area contributed by atoms with Crippen molar-refractivity contribution in [3.8, 4) is 0 Å². The summed E-state index contributed by atoms with van der Waals surface area (Å²) >= 11 is 1.30. The molecule has 29 heavy (non-hydrogen) atoms. The van der Waals surface area contributed by atoms with Gasteiger partial charge in [0, 0.05) is 31.5 Å². The van der Waals surface area contributed by atoms with Crippen LogP contribution in [0, 0.1) is 5.92 Å². The van der Waals surface area contributed by atoms with Crippen molar-refractivity contribution in [2.75, 3.05) is 13.2 Å². The molecule has 2 aromatic heterocycles. The van der Waals surface area contributed by atoms with E-state index >= 15 is 0 Å². The summed E-state index contributed by atoms with van der Waals surface area (Å²) in [5, 5.41) is 2.86. The molecule has 8 heteroatoms. The number of hydrogen-bond donors (Lipinski definition) is 1. The smallest absolute Gasteiger partial charge is 0.258 e. The fourth-order valence-corrected chi connectivity index (χ4v) is 4.74. The number of ether oxygens (including phenoxy) is 1. The van der Waals surface area contributed by atoms with Crippen LogP contribution in [0.15, 0.2) is 46.3 Å². The van der Waals surface area contributed by atoms with Gasteiger partial charge in [0.25, 0.3) is 5.91 Å². The van der Waals surface area contributed by atoms with Gasteiger partial charge in [-0.3, -0.25) is 14.6 Å². The van der Waals surface area contributed by atoms with Crippen LogP contribution in [-0.4, -0.2) is 40.3 Å². The molecule has 0 aromatic carbocycles. The number of ketones is 1. The summed E-state index contributed by atoms with van der Waals surface area (Å²) in [4.78, 5) is 34.6. The first-order valence-electron chi connectivity index (χ1n) is 9.80. The molecule has 2 aromatic rings. The van der Waals surface area contributed by atoms with Gasteiger partial charge in [-0.05, 0) is 43.0 Å². The van der Waals surface area contributed by atoms with Crippen molar-refractivity contribution in [3.63, 3.8) is 0 Å². The Kier molecular flexibility index (Phi) is 6.10. The van der Waals surface area contributed by atoms with Crippen LogP contribution >= 0.6 is 11.8 Å². The quantitative estimate of drug-likeness (QED) is 0.809. The molecule has 0 bridgehead atoms. The first kappa shape index (κ1) is 19.8. The number of aromatic nitrogens is 1. The Morgan fingerprint density at radius 2 is 2.10 bits per heavy atom. The van der Waals surface area contributed by atoms with Gasteiger partial charge in [-0.1, -0.05) is 18.7 Å². The Morgan fingerprint density at radius 3 is 2.83 bits per heavy atom. The van der Waals surface area contributed by atoms with Crippen LogP contribution in [0.2, 0.25) is 0 Å². The number of aliphatic imine (C=N–C) groups is 1. The van der Waals surface area contributed by atoms with E-state index in [0.29, 0.717) is 29.7 Å². The van der Waals surface area contributed by atoms with Crippen molar-refractivity contribution in [2.45, 2.75) is 37.5 Å². The van der Waals surface area contributed by atoms with Crippen LogP contribution in [-0.2, 0) is 16.0 Å². The van der Waals surface area contributed by atoms with E-state index in [4.69, 9.17) is 9.15 Å². The number of hydrogen-bond acceptors (Lipinski definition) is 7. The molecule has 152 valence electrons. The van der Waals surface area contributed by atoms with Crippen LogP contribution < -0.4 is 5.32 Å². The molecule has 4 heterocycles. The van der Waals surface area contributed by atoms with Crippen molar-refractivity contribution in [1.82, 2.24) is 10.3 Å². The van der Waals surface area contributed by atoms with Gasteiger partial charge < -0.3 is 14.5 Å². The van der Waals surface area contributed by atoms with E-state index in [0.717, 1.165) is 24.8 Å². The number of amides is 1. The lowest BCUT2D eigenvalue weighted by atomic mass is 9.90. The van der Waals surface area contributed by atoms with E-state index < -0.39 is 11.3 Å². The van der Waals surface area contributed by atoms with Gasteiger partial charge in [-0.25, -0.2) is 4.99 Å². The summed E-state index contributed by atoms with van der Waals surface area (Å²) in [7, 11) is 0. The molecule has 7 nitrogen and oxygen atoms in total. The third-order valence-corrected chi connectivity index (χ3v) is 6.38. The number of amidine groups is 1. The second-order valence-corrected chi connectivity index (χ2v) is 8.24. The molecule has 0 radical (unpaired) electrons. The van der Waals surface area contributed by atoms with Gasteiger partial charge in [-0.15, -0.1) is 0 Å². The summed E-state index contributed by atoms with van der Waals surface area (Å²) in [6.45, 7) is 3.21. The van der Waals surface area contributed by atoms with Crippen LogP contribution in [0.5, 0.6) is 0 Å². The highest BCUT2D eigenvalue weighted by molar-refractivity contribution is 8.15. The highest BCUT2D eigenvalue weighted by Crippen LogP contribution is 2.40. The number of carbonyl (C=O) groups excluding carboxylic acids is 2. The molecule has 4 rings (SSSR count). The first-order valence-corrected chi connectivity index (χ1v) is 10.7. The molecule has 1 fully saturated rings. The van der Waals surface area contributed by atoms with E-state index in [1.54, 1.807) is 18.5 Å². The molecule has 2 aliphatic heterocycles. The maximum absolute atomic E-state index is 13.2. The average Bonchev–Trinajstić information content (AvgIpc) is 3.44. The molecule has 0 spiro atoms. The van der Waals surface area contributed by atoms with Crippen molar-refractivity contribution < 1.29 is 18.7 Å². The number of pyridine rings is 1. The minimum absolute atomic E-state index is 0.0469. The second-order valence-electron chi connectivity index (χ2n) is 7.11. The van der Waals surface area contributed by atoms with Gasteiger partial charge in [0.05, 0.1) is 11.8 Å². The predicted molar refractivity (Wildman–Crippen MR) is 110 cm³/mol. The zero-order valence-electron chi connectivity index (χ0n) is 16.2. The molecular formula is C21H23N3O4S. The number of carbonyl (C=O) groups is 2. The third kappa shape index (κ3) is 4.43. The molecule has 2 unspecified atom stereocenters. The van der Waals surface area contributed by atoms with Crippen LogP contribution in [0.1, 0.15) is 47.5 Å². The second kappa shape index (κ2) is 8.92. The summed E-state index contributed by atoms with van der Waals surface area (Å²) in [6, 6.07) is 4.97. The van der Waals surface area contributed by atoms with Crippen molar-refractivity contribution in [2.24, 2.45) is 10.9 Å². The summed E-state index contributed by atoms with van der Waals surface area (Å²) in [5.74, 6) is 0.440. The Balaban J connectivity index is 1.52. The van der Waals surface area contributed by atoms with Gasteiger partial charge in [0.1, 0.15) is 17.1 Å². The molecule has 2 atom stereocenters. The van der Waals surface area contributed by atoms with E-state index in [-0.39, 0.29) is 17.6 Å². The lowest BCUT2D eigenvalue weighted by Crippen LogP contribution is -2.33. The third-order valence-electron chi connectivity index (χ3n) is 5.21. The van der Waals surface area contributed by atoms with E-state index in [2.05, 4.69) is 15.3 Å². The molecule has 1 amide bonds. The maximum Gasteiger partial charge on any atom is 0.258 e. The Morgan fingerprint density at radius 1 is 1.28 bits per heavy atom. The Hall–Kier alpha value is -2.45. The van der Waals surface area contributed by atoms with Gasteiger partial charge in [-0.2, -0.15) is 0 Å². The van der Waals surface area contributed by atoms with Crippen LogP contribution in [0.3, 0.4) is 0 Å². The van der Waals surface area contributed by atoms with Crippen molar-refractivity contribution in [3.05, 3.63) is 53.7 Å². The number of nitrogens with one attached hydrogen (secondary N) is 1. The van der Waals surface area contributed by atoms with E-state index in [1.165, 1.54) is 18.0 Å². The Labute approximate surface area is 173 Å². The highest BCUT2D eigenvalue weighted by atomic mass is 32.2.